The maximum atomic E-state index is 12.7. The third-order valence-corrected chi connectivity index (χ3v) is 6.41. The fourth-order valence-corrected chi connectivity index (χ4v) is 4.33. The first-order chi connectivity index (χ1) is 12.7. The van der Waals surface area contributed by atoms with Crippen LogP contribution in [0.15, 0.2) is 8.95 Å². The normalized spacial score (nSPS) is 19.1. The summed E-state index contributed by atoms with van der Waals surface area (Å²) >= 11 is 12.5. The van der Waals surface area contributed by atoms with Gasteiger partial charge in [-0.2, -0.15) is 0 Å². The van der Waals surface area contributed by atoms with Crippen LogP contribution >= 0.6 is 43.5 Å². The highest BCUT2D eigenvalue weighted by Gasteiger charge is 2.38. The van der Waals surface area contributed by atoms with Crippen LogP contribution in [0, 0.1) is 10.1 Å². The van der Waals surface area contributed by atoms with Crippen molar-refractivity contribution in [2.75, 3.05) is 18.1 Å². The minimum atomic E-state index is -0.888. The van der Waals surface area contributed by atoms with Crippen molar-refractivity contribution in [3.8, 4) is 5.75 Å². The van der Waals surface area contributed by atoms with Gasteiger partial charge >= 0.3 is 11.7 Å². The van der Waals surface area contributed by atoms with Gasteiger partial charge in [-0.1, -0.05) is 11.6 Å². The van der Waals surface area contributed by atoms with Crippen LogP contribution in [0.2, 0.25) is 5.02 Å². The fourth-order valence-electron chi connectivity index (χ4n) is 2.77. The minimum absolute atomic E-state index is 0.00440. The topological polar surface area (TPSA) is 131 Å². The predicted octanol–water partition coefficient (Wildman–Crippen LogP) is 2.49. The second kappa shape index (κ2) is 7.60. The molecule has 144 valence electrons. The Balaban J connectivity index is 1.96. The van der Waals surface area contributed by atoms with E-state index in [0.717, 1.165) is 0 Å². The number of hydrogen-bond donors (Lipinski definition) is 2. The van der Waals surface area contributed by atoms with Crippen molar-refractivity contribution in [2.24, 2.45) is 0 Å². The quantitative estimate of drug-likeness (QED) is 0.264. The molecule has 2 heterocycles. The van der Waals surface area contributed by atoms with Crippen molar-refractivity contribution in [3.05, 3.63) is 24.1 Å². The molecule has 2 aliphatic heterocycles. The van der Waals surface area contributed by atoms with Crippen LogP contribution in [0.5, 0.6) is 5.75 Å². The number of imide groups is 1. The number of nitro benzene ring substituents is 1. The van der Waals surface area contributed by atoms with Gasteiger partial charge in [-0.05, 0) is 38.3 Å². The van der Waals surface area contributed by atoms with Gasteiger partial charge in [0.1, 0.15) is 22.8 Å². The van der Waals surface area contributed by atoms with E-state index in [-0.39, 0.29) is 51.4 Å². The molecule has 1 unspecified atom stereocenters. The van der Waals surface area contributed by atoms with E-state index in [1.807, 2.05) is 0 Å². The van der Waals surface area contributed by atoms with Crippen LogP contribution in [0.3, 0.4) is 0 Å². The van der Waals surface area contributed by atoms with E-state index in [0.29, 0.717) is 0 Å². The molecule has 0 spiro atoms. The summed E-state index contributed by atoms with van der Waals surface area (Å²) in [7, 11) is 0. The molecule has 1 atom stereocenters. The van der Waals surface area contributed by atoms with Gasteiger partial charge < -0.3 is 10.1 Å². The first-order valence-corrected chi connectivity index (χ1v) is 9.58. The highest BCUT2D eigenvalue weighted by molar-refractivity contribution is 9.11. The molecule has 1 saturated heterocycles. The number of piperidine rings is 1. The van der Waals surface area contributed by atoms with Crippen LogP contribution in [0.1, 0.15) is 12.8 Å². The molecular weight excluding hydrogens is 515 g/mol. The standard InChI is InChI=1S/C14H11Br2ClN4O6/c15-7-9(17)8(16)11(21(25)26)12-10(7)20(3-4-27-12)14(24)18-5-1-2-6(22)19-13(5)23/h5H,1-4H2,(H,18,24)(H,19,22,23). The van der Waals surface area contributed by atoms with Gasteiger partial charge in [-0.3, -0.25) is 29.9 Å². The van der Waals surface area contributed by atoms with Crippen LogP contribution < -0.4 is 20.3 Å². The predicted molar refractivity (Wildman–Crippen MR) is 101 cm³/mol. The van der Waals surface area contributed by atoms with Crippen LogP contribution in [0.25, 0.3) is 0 Å². The molecule has 4 amide bonds. The molecule has 3 rings (SSSR count). The molecule has 0 radical (unpaired) electrons. The van der Waals surface area contributed by atoms with Crippen molar-refractivity contribution in [1.82, 2.24) is 10.6 Å². The lowest BCUT2D eigenvalue weighted by atomic mass is 10.1. The molecule has 0 aromatic heterocycles. The number of amides is 4. The molecule has 0 saturated carbocycles. The highest BCUT2D eigenvalue weighted by Crippen LogP contribution is 2.53. The summed E-state index contributed by atoms with van der Waals surface area (Å²) < 4.78 is 5.68. The van der Waals surface area contributed by atoms with E-state index in [1.165, 1.54) is 4.90 Å². The molecule has 0 aliphatic carbocycles. The molecule has 2 aliphatic rings. The Morgan fingerprint density at radius 2 is 2.07 bits per heavy atom. The lowest BCUT2D eigenvalue weighted by molar-refractivity contribution is -0.386. The van der Waals surface area contributed by atoms with Gasteiger partial charge in [0.05, 0.1) is 21.0 Å². The van der Waals surface area contributed by atoms with E-state index in [4.69, 9.17) is 16.3 Å². The maximum absolute atomic E-state index is 12.7. The van der Waals surface area contributed by atoms with E-state index >= 15 is 0 Å². The Hall–Kier alpha value is -1.92. The summed E-state index contributed by atoms with van der Waals surface area (Å²) in [5, 5.41) is 16.1. The molecule has 13 heteroatoms. The van der Waals surface area contributed by atoms with Crippen molar-refractivity contribution in [1.29, 1.82) is 0 Å². The molecule has 1 fully saturated rings. The first kappa shape index (κ1) is 19.8. The number of nitrogens with one attached hydrogen (secondary N) is 2. The third-order valence-electron chi connectivity index (χ3n) is 4.03. The molecule has 27 heavy (non-hydrogen) atoms. The lowest BCUT2D eigenvalue weighted by Crippen LogP contribution is -2.56. The zero-order chi connectivity index (χ0) is 19.9. The number of anilines is 1. The number of fused-ring (bicyclic) bond motifs is 1. The summed E-state index contributed by atoms with van der Waals surface area (Å²) in [5.74, 6) is -1.13. The van der Waals surface area contributed by atoms with Crippen molar-refractivity contribution >= 4 is 72.7 Å². The molecule has 1 aromatic carbocycles. The van der Waals surface area contributed by atoms with E-state index < -0.39 is 34.5 Å². The Morgan fingerprint density at radius 1 is 1.37 bits per heavy atom. The molecule has 0 bridgehead atoms. The Kier molecular flexibility index (Phi) is 5.58. The number of nitro groups is 1. The number of urea groups is 1. The number of halogens is 3. The van der Waals surface area contributed by atoms with Crippen molar-refractivity contribution < 1.29 is 24.0 Å². The summed E-state index contributed by atoms with van der Waals surface area (Å²) in [6, 6.07) is -1.55. The van der Waals surface area contributed by atoms with Crippen LogP contribution in [0.4, 0.5) is 16.2 Å². The van der Waals surface area contributed by atoms with E-state index in [1.54, 1.807) is 0 Å². The summed E-state index contributed by atoms with van der Waals surface area (Å²) in [6.45, 7) is 0.0942. The van der Waals surface area contributed by atoms with Gasteiger partial charge in [-0.15, -0.1) is 0 Å². The number of benzene rings is 1. The minimum Gasteiger partial charge on any atom is -0.483 e. The number of rotatable bonds is 2. The number of carbonyl (C=O) groups excluding carboxylic acids is 3. The Labute approximate surface area is 173 Å². The van der Waals surface area contributed by atoms with Gasteiger partial charge in [-0.25, -0.2) is 4.79 Å². The number of hydrogen-bond acceptors (Lipinski definition) is 6. The van der Waals surface area contributed by atoms with Crippen molar-refractivity contribution in [2.45, 2.75) is 18.9 Å². The zero-order valence-corrected chi connectivity index (χ0v) is 17.3. The second-order valence-corrected chi connectivity index (χ2v) is 7.64. The monoisotopic (exact) mass is 524 g/mol. The van der Waals surface area contributed by atoms with Crippen molar-refractivity contribution in [3.63, 3.8) is 0 Å². The maximum Gasteiger partial charge on any atom is 0.328 e. The van der Waals surface area contributed by atoms with Gasteiger partial charge in [0.15, 0.2) is 0 Å². The zero-order valence-electron chi connectivity index (χ0n) is 13.4. The largest absolute Gasteiger partial charge is 0.483 e. The van der Waals surface area contributed by atoms with E-state index in [2.05, 4.69) is 42.5 Å². The SMILES string of the molecule is O=C1CCC(NC(=O)N2CCOc3c2c(Br)c(Cl)c(Br)c3[N+](=O)[O-])C(=O)N1. The van der Waals surface area contributed by atoms with Gasteiger partial charge in [0, 0.05) is 6.42 Å². The molecule has 2 N–H and O–H groups in total. The smallest absolute Gasteiger partial charge is 0.328 e. The first-order valence-electron chi connectivity index (χ1n) is 7.61. The molecule has 10 nitrogen and oxygen atoms in total. The Bertz CT molecular complexity index is 880. The molecular formula is C14H11Br2ClN4O6. The van der Waals surface area contributed by atoms with Gasteiger partial charge in [0.2, 0.25) is 17.6 Å². The Morgan fingerprint density at radius 3 is 2.70 bits per heavy atom. The fraction of sp³-hybridized carbons (Fsp3) is 0.357. The average molecular weight is 527 g/mol. The summed E-state index contributed by atoms with van der Waals surface area (Å²) in [4.78, 5) is 47.8. The number of carbonyl (C=O) groups is 3. The highest BCUT2D eigenvalue weighted by atomic mass is 79.9. The summed E-state index contributed by atoms with van der Waals surface area (Å²) in [5.41, 5.74) is -0.317. The summed E-state index contributed by atoms with van der Waals surface area (Å²) in [6.07, 6.45) is 0.264. The lowest BCUT2D eigenvalue weighted by Gasteiger charge is -2.32. The third kappa shape index (κ3) is 3.60. The van der Waals surface area contributed by atoms with Crippen LogP contribution in [-0.4, -0.2) is 42.0 Å². The van der Waals surface area contributed by atoms with Gasteiger partial charge in [0.25, 0.3) is 0 Å². The molecule has 1 aromatic rings. The van der Waals surface area contributed by atoms with E-state index in [9.17, 15) is 24.5 Å². The average Bonchev–Trinajstić information content (AvgIpc) is 2.61. The van der Waals surface area contributed by atoms with Crippen LogP contribution in [-0.2, 0) is 9.59 Å². The second-order valence-electron chi connectivity index (χ2n) is 5.68. The number of ether oxygens (including phenoxy) is 1. The number of nitrogens with zero attached hydrogens (tertiary/aromatic N) is 2.